The number of nitrogens with one attached hydrogen (secondary N) is 1. The standard InChI is InChI=1S/C16H29NO/c1-5-12(4)17-16-8-6-13(7-9-16)10-14(16)15(18)11(2)3/h11-14,17H,5-10H2,1-4H3. The van der Waals surface area contributed by atoms with Gasteiger partial charge in [0.15, 0.2) is 0 Å². The van der Waals surface area contributed by atoms with E-state index < -0.39 is 0 Å². The van der Waals surface area contributed by atoms with Crippen LogP contribution in [0.15, 0.2) is 0 Å². The van der Waals surface area contributed by atoms with E-state index in [1.807, 2.05) is 0 Å². The van der Waals surface area contributed by atoms with Gasteiger partial charge < -0.3 is 5.32 Å². The normalized spacial score (nSPS) is 36.9. The molecule has 0 heterocycles. The Morgan fingerprint density at radius 2 is 1.89 bits per heavy atom. The van der Waals surface area contributed by atoms with Gasteiger partial charge in [-0.2, -0.15) is 0 Å². The number of fused-ring (bicyclic) bond motifs is 3. The molecule has 0 aliphatic heterocycles. The Balaban J connectivity index is 2.18. The maximum atomic E-state index is 12.5. The van der Waals surface area contributed by atoms with Gasteiger partial charge in [0.05, 0.1) is 0 Å². The number of carbonyl (C=O) groups excluding carboxylic acids is 1. The van der Waals surface area contributed by atoms with E-state index in [1.165, 1.54) is 25.7 Å². The highest BCUT2D eigenvalue weighted by atomic mass is 16.1. The van der Waals surface area contributed by atoms with Gasteiger partial charge >= 0.3 is 0 Å². The molecule has 2 bridgehead atoms. The number of carbonyl (C=O) groups is 1. The van der Waals surface area contributed by atoms with Crippen LogP contribution in [-0.4, -0.2) is 17.4 Å². The monoisotopic (exact) mass is 251 g/mol. The third kappa shape index (κ3) is 2.49. The van der Waals surface area contributed by atoms with E-state index in [9.17, 15) is 4.79 Å². The van der Waals surface area contributed by atoms with Crippen LogP contribution in [0.2, 0.25) is 0 Å². The first-order valence-electron chi connectivity index (χ1n) is 7.80. The largest absolute Gasteiger partial charge is 0.308 e. The van der Waals surface area contributed by atoms with Crippen LogP contribution in [0, 0.1) is 17.8 Å². The molecule has 0 aromatic heterocycles. The van der Waals surface area contributed by atoms with Crippen LogP contribution >= 0.6 is 0 Å². The molecule has 0 radical (unpaired) electrons. The fourth-order valence-electron chi connectivity index (χ4n) is 3.96. The molecule has 3 saturated carbocycles. The van der Waals surface area contributed by atoms with E-state index in [0.717, 1.165) is 18.8 Å². The average molecular weight is 251 g/mol. The molecule has 3 aliphatic rings. The van der Waals surface area contributed by atoms with Crippen molar-refractivity contribution < 1.29 is 4.79 Å². The van der Waals surface area contributed by atoms with Gasteiger partial charge in [0.2, 0.25) is 0 Å². The molecule has 104 valence electrons. The Bertz CT molecular complexity index is 302. The summed E-state index contributed by atoms with van der Waals surface area (Å²) in [5, 5.41) is 3.83. The van der Waals surface area contributed by atoms with Gasteiger partial charge in [-0.05, 0) is 51.4 Å². The molecule has 3 fully saturated rings. The molecule has 0 amide bonds. The van der Waals surface area contributed by atoms with Crippen LogP contribution in [0.3, 0.4) is 0 Å². The van der Waals surface area contributed by atoms with Crippen LogP contribution in [0.25, 0.3) is 0 Å². The Morgan fingerprint density at radius 3 is 2.39 bits per heavy atom. The van der Waals surface area contributed by atoms with Crippen LogP contribution in [0.1, 0.15) is 66.2 Å². The quantitative estimate of drug-likeness (QED) is 0.809. The van der Waals surface area contributed by atoms with Crippen LogP contribution in [0.5, 0.6) is 0 Å². The first kappa shape index (κ1) is 14.0. The topological polar surface area (TPSA) is 29.1 Å². The summed E-state index contributed by atoms with van der Waals surface area (Å²) in [6.45, 7) is 8.59. The second kappa shape index (κ2) is 5.32. The van der Waals surface area contributed by atoms with Crippen molar-refractivity contribution in [2.24, 2.45) is 17.8 Å². The Kier molecular flexibility index (Phi) is 4.15. The van der Waals surface area contributed by atoms with E-state index in [-0.39, 0.29) is 17.4 Å². The molecule has 0 saturated heterocycles. The first-order valence-corrected chi connectivity index (χ1v) is 7.80. The number of ketones is 1. The molecule has 0 aromatic carbocycles. The Morgan fingerprint density at radius 1 is 1.28 bits per heavy atom. The second-order valence-electron chi connectivity index (χ2n) is 6.90. The molecule has 18 heavy (non-hydrogen) atoms. The van der Waals surface area contributed by atoms with Crippen molar-refractivity contribution in [3.05, 3.63) is 0 Å². The molecule has 3 rings (SSSR count). The van der Waals surface area contributed by atoms with Crippen LogP contribution < -0.4 is 5.32 Å². The molecule has 3 aliphatic carbocycles. The summed E-state index contributed by atoms with van der Waals surface area (Å²) in [6.07, 6.45) is 7.36. The number of rotatable bonds is 5. The number of Topliss-reactive ketones (excluding diaryl/α,β-unsaturated/α-hetero) is 1. The summed E-state index contributed by atoms with van der Waals surface area (Å²) in [5.74, 6) is 1.78. The van der Waals surface area contributed by atoms with Crippen molar-refractivity contribution in [1.29, 1.82) is 0 Å². The molecule has 1 N–H and O–H groups in total. The highest BCUT2D eigenvalue weighted by Gasteiger charge is 2.50. The van der Waals surface area contributed by atoms with E-state index in [1.54, 1.807) is 0 Å². The molecule has 2 nitrogen and oxygen atoms in total. The molecule has 2 heteroatoms. The minimum Gasteiger partial charge on any atom is -0.308 e. The minimum absolute atomic E-state index is 0.130. The fraction of sp³-hybridized carbons (Fsp3) is 0.938. The van der Waals surface area contributed by atoms with E-state index in [0.29, 0.717) is 11.8 Å². The molecule has 2 atom stereocenters. The Labute approximate surface area is 112 Å². The highest BCUT2D eigenvalue weighted by molar-refractivity contribution is 5.84. The van der Waals surface area contributed by atoms with E-state index in [4.69, 9.17) is 0 Å². The number of hydrogen-bond donors (Lipinski definition) is 1. The lowest BCUT2D eigenvalue weighted by Crippen LogP contribution is -2.62. The van der Waals surface area contributed by atoms with Gasteiger partial charge in [-0.1, -0.05) is 20.8 Å². The predicted molar refractivity (Wildman–Crippen MR) is 75.5 cm³/mol. The number of hydrogen-bond acceptors (Lipinski definition) is 2. The maximum Gasteiger partial charge on any atom is 0.140 e. The zero-order valence-electron chi connectivity index (χ0n) is 12.5. The van der Waals surface area contributed by atoms with Gasteiger partial charge in [-0.25, -0.2) is 0 Å². The summed E-state index contributed by atoms with van der Waals surface area (Å²) >= 11 is 0. The van der Waals surface area contributed by atoms with Crippen molar-refractivity contribution >= 4 is 5.78 Å². The second-order valence-corrected chi connectivity index (χ2v) is 6.90. The van der Waals surface area contributed by atoms with Crippen molar-refractivity contribution in [1.82, 2.24) is 5.32 Å². The van der Waals surface area contributed by atoms with Crippen molar-refractivity contribution in [2.75, 3.05) is 0 Å². The third-order valence-electron chi connectivity index (χ3n) is 5.29. The molecule has 0 spiro atoms. The lowest BCUT2D eigenvalue weighted by molar-refractivity contribution is -0.133. The summed E-state index contributed by atoms with van der Waals surface area (Å²) in [5.41, 5.74) is 0.130. The summed E-state index contributed by atoms with van der Waals surface area (Å²) in [6, 6.07) is 0.530. The van der Waals surface area contributed by atoms with E-state index >= 15 is 0 Å². The zero-order valence-corrected chi connectivity index (χ0v) is 12.5. The van der Waals surface area contributed by atoms with Gasteiger partial charge in [-0.3, -0.25) is 4.79 Å². The molecule has 2 unspecified atom stereocenters. The van der Waals surface area contributed by atoms with Gasteiger partial charge in [0.1, 0.15) is 5.78 Å². The predicted octanol–water partition coefficient (Wildman–Crippen LogP) is 3.55. The molecular formula is C16H29NO. The summed E-state index contributed by atoms with van der Waals surface area (Å²) in [7, 11) is 0. The molecular weight excluding hydrogens is 222 g/mol. The van der Waals surface area contributed by atoms with E-state index in [2.05, 4.69) is 33.0 Å². The average Bonchev–Trinajstić information content (AvgIpc) is 2.38. The Hall–Kier alpha value is -0.370. The zero-order chi connectivity index (χ0) is 13.3. The van der Waals surface area contributed by atoms with Crippen molar-refractivity contribution in [3.8, 4) is 0 Å². The lowest BCUT2D eigenvalue weighted by Gasteiger charge is -2.53. The van der Waals surface area contributed by atoms with Crippen LogP contribution in [0.4, 0.5) is 0 Å². The summed E-state index contributed by atoms with van der Waals surface area (Å²) in [4.78, 5) is 12.5. The fourth-order valence-corrected chi connectivity index (χ4v) is 3.96. The van der Waals surface area contributed by atoms with Gasteiger partial charge in [0, 0.05) is 23.4 Å². The van der Waals surface area contributed by atoms with Gasteiger partial charge in [-0.15, -0.1) is 0 Å². The molecule has 0 aromatic rings. The van der Waals surface area contributed by atoms with Crippen molar-refractivity contribution in [2.45, 2.75) is 77.8 Å². The first-order chi connectivity index (χ1) is 8.48. The van der Waals surface area contributed by atoms with Gasteiger partial charge in [0.25, 0.3) is 0 Å². The maximum absolute atomic E-state index is 12.5. The highest BCUT2D eigenvalue weighted by Crippen LogP contribution is 2.49. The smallest absolute Gasteiger partial charge is 0.140 e. The SMILES string of the molecule is CCC(C)NC12CCC(CC1)CC2C(=O)C(C)C. The minimum atomic E-state index is 0.130. The van der Waals surface area contributed by atoms with Crippen LogP contribution in [-0.2, 0) is 4.79 Å². The third-order valence-corrected chi connectivity index (χ3v) is 5.29. The van der Waals surface area contributed by atoms with Crippen molar-refractivity contribution in [3.63, 3.8) is 0 Å². The summed E-state index contributed by atoms with van der Waals surface area (Å²) < 4.78 is 0. The lowest BCUT2D eigenvalue weighted by atomic mass is 9.57.